The molecule has 0 aliphatic carbocycles. The Hall–Kier alpha value is -2.58. The molecule has 0 bridgehead atoms. The largest absolute Gasteiger partial charge is 0.390 e. The van der Waals surface area contributed by atoms with E-state index in [1.807, 2.05) is 25.2 Å². The van der Waals surface area contributed by atoms with E-state index in [1.54, 1.807) is 12.1 Å². The minimum absolute atomic E-state index is 0.162. The molecule has 0 radical (unpaired) electrons. The van der Waals surface area contributed by atoms with Crippen molar-refractivity contribution < 1.29 is 9.63 Å². The van der Waals surface area contributed by atoms with Crippen molar-refractivity contribution in [2.45, 2.75) is 25.4 Å². The summed E-state index contributed by atoms with van der Waals surface area (Å²) in [5.41, 5.74) is 3.59. The fourth-order valence-electron chi connectivity index (χ4n) is 3.70. The number of hydrogen-bond donors (Lipinski definition) is 3. The monoisotopic (exact) mass is 445 g/mol. The van der Waals surface area contributed by atoms with Crippen molar-refractivity contribution in [3.63, 3.8) is 0 Å². The van der Waals surface area contributed by atoms with E-state index >= 15 is 0 Å². The van der Waals surface area contributed by atoms with Crippen LogP contribution in [-0.4, -0.2) is 55.1 Å². The first-order chi connectivity index (χ1) is 14.5. The van der Waals surface area contributed by atoms with Crippen molar-refractivity contribution in [3.8, 4) is 0 Å². The molecule has 1 saturated heterocycles. The Morgan fingerprint density at radius 2 is 2.13 bits per heavy atom. The zero-order valence-corrected chi connectivity index (χ0v) is 18.3. The summed E-state index contributed by atoms with van der Waals surface area (Å²) >= 11 is 7.14. The Balaban J connectivity index is 1.38. The van der Waals surface area contributed by atoms with Crippen LogP contribution in [0.3, 0.4) is 0 Å². The maximum absolute atomic E-state index is 12.2. The van der Waals surface area contributed by atoms with Crippen LogP contribution in [0, 0.1) is 5.41 Å². The number of amidine groups is 1. The van der Waals surface area contributed by atoms with Gasteiger partial charge in [0.2, 0.25) is 0 Å². The van der Waals surface area contributed by atoms with Crippen LogP contribution in [0.1, 0.15) is 40.1 Å². The summed E-state index contributed by atoms with van der Waals surface area (Å²) in [6, 6.07) is 9.37. The van der Waals surface area contributed by atoms with Crippen LogP contribution < -0.4 is 10.6 Å². The van der Waals surface area contributed by atoms with Gasteiger partial charge in [-0.3, -0.25) is 10.2 Å². The smallest absolute Gasteiger partial charge is 0.261 e. The fourth-order valence-corrected chi connectivity index (χ4v) is 4.66. The van der Waals surface area contributed by atoms with E-state index in [1.165, 1.54) is 11.3 Å². The highest BCUT2D eigenvalue weighted by Crippen LogP contribution is 2.26. The minimum atomic E-state index is -0.216. The first-order valence-corrected chi connectivity index (χ1v) is 11.2. The molecule has 4 rings (SSSR count). The van der Waals surface area contributed by atoms with Gasteiger partial charge in [0.1, 0.15) is 11.9 Å². The van der Waals surface area contributed by atoms with Crippen LogP contribution in [0.4, 0.5) is 5.69 Å². The van der Waals surface area contributed by atoms with E-state index in [2.05, 4.69) is 20.7 Å². The molecule has 1 fully saturated rings. The predicted molar refractivity (Wildman–Crippen MR) is 121 cm³/mol. The number of nitrogens with one attached hydrogen (secondary N) is 3. The maximum Gasteiger partial charge on any atom is 0.261 e. The van der Waals surface area contributed by atoms with Crippen molar-refractivity contribution in [2.24, 2.45) is 5.16 Å². The molecule has 3 N–H and O–H groups in total. The number of oxime groups is 1. The summed E-state index contributed by atoms with van der Waals surface area (Å²) in [6.07, 6.45) is 2.67. The number of carbonyl (C=O) groups is 1. The van der Waals surface area contributed by atoms with E-state index < -0.39 is 0 Å². The zero-order chi connectivity index (χ0) is 21.1. The third-order valence-electron chi connectivity index (χ3n) is 5.32. The van der Waals surface area contributed by atoms with Crippen LogP contribution in [0.15, 0.2) is 35.5 Å². The third-order valence-corrected chi connectivity index (χ3v) is 6.55. The summed E-state index contributed by atoms with van der Waals surface area (Å²) < 4.78 is 0.587. The summed E-state index contributed by atoms with van der Waals surface area (Å²) in [6.45, 7) is 2.26. The standard InChI is InChI=1S/C21H24ClN5O2S/c1-24-16-10-13(20(23)27-8-2-3-9-27)4-5-15(16)17-11-14(29-26-17)12-25-21(28)18-6-7-19(22)30-18/h4-7,10,14,23-24H,2-3,8-9,11-12H2,1H3,(H,25,28). The fraction of sp³-hybridized carbons (Fsp3) is 0.381. The number of amides is 1. The highest BCUT2D eigenvalue weighted by molar-refractivity contribution is 7.18. The highest BCUT2D eigenvalue weighted by atomic mass is 35.5. The Labute approximate surface area is 184 Å². The van der Waals surface area contributed by atoms with Gasteiger partial charge in [-0.25, -0.2) is 0 Å². The topological polar surface area (TPSA) is 89.8 Å². The van der Waals surface area contributed by atoms with Crippen molar-refractivity contribution in [1.29, 1.82) is 5.41 Å². The number of thiophene rings is 1. The van der Waals surface area contributed by atoms with Crippen molar-refractivity contribution >= 4 is 46.1 Å². The minimum Gasteiger partial charge on any atom is -0.390 e. The molecule has 7 nitrogen and oxygen atoms in total. The van der Waals surface area contributed by atoms with E-state index in [4.69, 9.17) is 21.8 Å². The van der Waals surface area contributed by atoms with Gasteiger partial charge in [0.15, 0.2) is 0 Å². The molecule has 30 heavy (non-hydrogen) atoms. The average molecular weight is 446 g/mol. The van der Waals surface area contributed by atoms with Crippen molar-refractivity contribution in [3.05, 3.63) is 50.7 Å². The van der Waals surface area contributed by atoms with Crippen molar-refractivity contribution in [2.75, 3.05) is 32.0 Å². The molecule has 0 spiro atoms. The van der Waals surface area contributed by atoms with Gasteiger partial charge < -0.3 is 20.4 Å². The van der Waals surface area contributed by atoms with Gasteiger partial charge in [0.25, 0.3) is 5.91 Å². The van der Waals surface area contributed by atoms with E-state index in [-0.39, 0.29) is 12.0 Å². The van der Waals surface area contributed by atoms with Crippen LogP contribution in [-0.2, 0) is 4.84 Å². The molecule has 1 aromatic heterocycles. The van der Waals surface area contributed by atoms with Crippen LogP contribution >= 0.6 is 22.9 Å². The molecule has 1 amide bonds. The predicted octanol–water partition coefficient (Wildman–Crippen LogP) is 3.79. The van der Waals surface area contributed by atoms with Gasteiger partial charge >= 0.3 is 0 Å². The van der Waals surface area contributed by atoms with E-state index in [9.17, 15) is 4.79 Å². The second-order valence-electron chi connectivity index (χ2n) is 7.34. The Morgan fingerprint density at radius 3 is 2.83 bits per heavy atom. The summed E-state index contributed by atoms with van der Waals surface area (Å²) in [4.78, 5) is 20.4. The second-order valence-corrected chi connectivity index (χ2v) is 9.05. The lowest BCUT2D eigenvalue weighted by Gasteiger charge is -2.20. The number of carbonyl (C=O) groups excluding carboxylic acids is 1. The lowest BCUT2D eigenvalue weighted by molar-refractivity contribution is 0.0755. The van der Waals surface area contributed by atoms with Crippen LogP contribution in [0.2, 0.25) is 4.34 Å². The summed E-state index contributed by atoms with van der Waals surface area (Å²) in [5, 5.41) is 18.8. The Kier molecular flexibility index (Phi) is 6.24. The highest BCUT2D eigenvalue weighted by Gasteiger charge is 2.25. The summed E-state index contributed by atoms with van der Waals surface area (Å²) in [5.74, 6) is 0.402. The molecular formula is C21H24ClN5O2S. The molecule has 1 aromatic carbocycles. The van der Waals surface area contributed by atoms with Crippen LogP contribution in [0.5, 0.6) is 0 Å². The number of likely N-dealkylation sites (tertiary alicyclic amines) is 1. The first-order valence-electron chi connectivity index (χ1n) is 9.97. The number of hydrogen-bond acceptors (Lipinski definition) is 6. The average Bonchev–Trinajstić information content (AvgIpc) is 3.52. The molecule has 1 atom stereocenters. The van der Waals surface area contributed by atoms with E-state index in [0.717, 1.165) is 48.5 Å². The third kappa shape index (κ3) is 4.44. The van der Waals surface area contributed by atoms with Gasteiger partial charge in [-0.05, 0) is 31.0 Å². The number of halogens is 1. The van der Waals surface area contributed by atoms with Gasteiger partial charge in [0, 0.05) is 43.4 Å². The van der Waals surface area contributed by atoms with Crippen LogP contribution in [0.25, 0.3) is 0 Å². The van der Waals surface area contributed by atoms with Gasteiger partial charge in [-0.2, -0.15) is 0 Å². The quantitative estimate of drug-likeness (QED) is 0.466. The second kappa shape index (κ2) is 9.06. The number of nitrogens with zero attached hydrogens (tertiary/aromatic N) is 2. The van der Waals surface area contributed by atoms with Gasteiger partial charge in [-0.1, -0.05) is 28.9 Å². The molecule has 3 heterocycles. The molecule has 2 aliphatic rings. The number of anilines is 1. The molecule has 2 aliphatic heterocycles. The zero-order valence-electron chi connectivity index (χ0n) is 16.7. The van der Waals surface area contributed by atoms with Crippen molar-refractivity contribution in [1.82, 2.24) is 10.2 Å². The molecule has 0 saturated carbocycles. The molecule has 9 heteroatoms. The maximum atomic E-state index is 12.2. The Morgan fingerprint density at radius 1 is 1.33 bits per heavy atom. The molecule has 158 valence electrons. The molecule has 1 unspecified atom stereocenters. The SMILES string of the molecule is CNc1cc(C(=N)N2CCCC2)ccc1C1=NOC(CNC(=O)c2ccc(Cl)s2)C1. The number of rotatable bonds is 6. The lowest BCUT2D eigenvalue weighted by atomic mass is 10.00. The molecular weight excluding hydrogens is 422 g/mol. The molecule has 2 aromatic rings. The number of benzene rings is 1. The lowest BCUT2D eigenvalue weighted by Crippen LogP contribution is -2.31. The van der Waals surface area contributed by atoms with Gasteiger partial charge in [0.05, 0.1) is 21.5 Å². The van der Waals surface area contributed by atoms with Gasteiger partial charge in [-0.15, -0.1) is 11.3 Å². The Bertz CT molecular complexity index is 984. The first kappa shape index (κ1) is 20.7. The van der Waals surface area contributed by atoms with E-state index in [0.29, 0.717) is 28.0 Å². The summed E-state index contributed by atoms with van der Waals surface area (Å²) in [7, 11) is 1.86. The normalized spacial score (nSPS) is 18.1.